The molecule has 67 heavy (non-hydrogen) atoms. The fraction of sp³-hybridized carbons (Fsp3) is 0.127. The van der Waals surface area contributed by atoms with Crippen LogP contribution in [0.5, 0.6) is 0 Å². The zero-order valence-electron chi connectivity index (χ0n) is 39.1. The van der Waals surface area contributed by atoms with Crippen LogP contribution < -0.4 is 0 Å². The Morgan fingerprint density at radius 3 is 1.48 bits per heavy atom. The molecule has 12 rings (SSSR count). The SMILES string of the molecule is C/C=C\C.CC1(C)c2ccccc2-c2cccc(-c3cccc4c5c6ccccc6c6ccccc6c5n(-c5nc(-c6ccccc6)nc(-c6ccc(-c7ccccc7)cc6)n5)c34)c21.CCC. The first-order chi connectivity index (χ1) is 32.9. The molecule has 0 spiro atoms. The van der Waals surface area contributed by atoms with Crippen LogP contribution in [0.25, 0.3) is 105 Å². The third-order valence-corrected chi connectivity index (χ3v) is 13.0. The monoisotopic (exact) mass is 866 g/mol. The molecule has 4 heteroatoms. The summed E-state index contributed by atoms with van der Waals surface area (Å²) in [5.74, 6) is 1.82. The number of rotatable bonds is 5. The highest BCUT2D eigenvalue weighted by molar-refractivity contribution is 6.33. The molecule has 1 aliphatic rings. The van der Waals surface area contributed by atoms with E-state index in [1.54, 1.807) is 0 Å². The third kappa shape index (κ3) is 7.49. The summed E-state index contributed by atoms with van der Waals surface area (Å²) in [6, 6.07) is 69.4. The Labute approximate surface area is 394 Å². The first-order valence-electron chi connectivity index (χ1n) is 23.5. The van der Waals surface area contributed by atoms with E-state index in [1.807, 2.05) is 50.3 Å². The lowest BCUT2D eigenvalue weighted by atomic mass is 9.78. The number of aromatic nitrogens is 4. The smallest absolute Gasteiger partial charge is 0.238 e. The summed E-state index contributed by atoms with van der Waals surface area (Å²) in [4.78, 5) is 16.1. The van der Waals surface area contributed by atoms with Gasteiger partial charge >= 0.3 is 0 Å². The average molecular weight is 867 g/mol. The first kappa shape index (κ1) is 43.0. The molecule has 2 aromatic heterocycles. The number of benzene rings is 9. The van der Waals surface area contributed by atoms with E-state index in [2.05, 4.69) is 202 Å². The van der Waals surface area contributed by atoms with Crippen LogP contribution in [0.3, 0.4) is 0 Å². The van der Waals surface area contributed by atoms with Crippen molar-refractivity contribution in [2.24, 2.45) is 0 Å². The molecule has 2 heterocycles. The maximum Gasteiger partial charge on any atom is 0.238 e. The quantitative estimate of drug-likeness (QED) is 0.128. The lowest BCUT2D eigenvalue weighted by Crippen LogP contribution is -2.16. The van der Waals surface area contributed by atoms with Gasteiger partial charge in [-0.1, -0.05) is 240 Å². The lowest BCUT2D eigenvalue weighted by Gasteiger charge is -2.25. The number of nitrogens with zero attached hydrogens (tertiary/aromatic N) is 4. The minimum Gasteiger partial charge on any atom is -0.277 e. The minimum absolute atomic E-state index is 0.215. The number of allylic oxidation sites excluding steroid dienone is 2. The molecule has 0 N–H and O–H groups in total. The zero-order valence-corrected chi connectivity index (χ0v) is 39.1. The van der Waals surface area contributed by atoms with Gasteiger partial charge in [-0.3, -0.25) is 4.57 Å². The topological polar surface area (TPSA) is 43.6 Å². The average Bonchev–Trinajstić information content (AvgIpc) is 3.87. The molecule has 0 saturated heterocycles. The van der Waals surface area contributed by atoms with Gasteiger partial charge in [0.1, 0.15) is 0 Å². The molecule has 0 radical (unpaired) electrons. The molecule has 0 bridgehead atoms. The Bertz CT molecular complexity index is 3600. The molecule has 11 aromatic rings. The molecule has 1 aliphatic carbocycles. The molecule has 0 fully saturated rings. The van der Waals surface area contributed by atoms with Crippen LogP contribution in [0.15, 0.2) is 206 Å². The fourth-order valence-electron chi connectivity index (χ4n) is 9.97. The molecular weight excluding hydrogens is 813 g/mol. The minimum atomic E-state index is -0.215. The van der Waals surface area contributed by atoms with Gasteiger partial charge in [-0.2, -0.15) is 9.97 Å². The van der Waals surface area contributed by atoms with E-state index in [9.17, 15) is 0 Å². The Balaban J connectivity index is 0.000000706. The van der Waals surface area contributed by atoms with E-state index in [-0.39, 0.29) is 5.41 Å². The van der Waals surface area contributed by atoms with Gasteiger partial charge in [0.2, 0.25) is 5.95 Å². The maximum absolute atomic E-state index is 5.47. The normalized spacial score (nSPS) is 12.4. The highest BCUT2D eigenvalue weighted by Gasteiger charge is 2.38. The predicted molar refractivity (Wildman–Crippen MR) is 285 cm³/mol. The van der Waals surface area contributed by atoms with Gasteiger partial charge in [0.05, 0.1) is 11.0 Å². The van der Waals surface area contributed by atoms with Crippen LogP contribution in [-0.4, -0.2) is 19.5 Å². The predicted octanol–water partition coefficient (Wildman–Crippen LogP) is 17.2. The Kier molecular flexibility index (Phi) is 11.6. The second-order valence-electron chi connectivity index (χ2n) is 17.7. The van der Waals surface area contributed by atoms with E-state index in [1.165, 1.54) is 61.3 Å². The molecule has 0 saturated carbocycles. The first-order valence-corrected chi connectivity index (χ1v) is 23.5. The number of fused-ring (bicyclic) bond motifs is 11. The molecule has 326 valence electrons. The maximum atomic E-state index is 5.47. The van der Waals surface area contributed by atoms with Crippen LogP contribution in [0.1, 0.15) is 59.1 Å². The van der Waals surface area contributed by atoms with Gasteiger partial charge in [0.15, 0.2) is 11.6 Å². The lowest BCUT2D eigenvalue weighted by molar-refractivity contribution is 0.662. The Morgan fingerprint density at radius 1 is 0.403 bits per heavy atom. The van der Waals surface area contributed by atoms with E-state index in [0.29, 0.717) is 17.6 Å². The Morgan fingerprint density at radius 2 is 0.836 bits per heavy atom. The van der Waals surface area contributed by atoms with Gasteiger partial charge in [-0.25, -0.2) is 4.98 Å². The van der Waals surface area contributed by atoms with Crippen molar-refractivity contribution < 1.29 is 0 Å². The Hall–Kier alpha value is -7.95. The standard InChI is InChI=1S/C56H38N4.C4H8.C3H8/c1-56(2)48-30-14-13-23-41(48)43-26-15-27-44(50(43)56)46-28-16-29-47-49-42-24-11-9-21-39(42)40-22-10-12-25-45(40)52(49)60(51(46)47)55-58-53(37-19-7-4-8-20-37)57-54(59-55)38-33-31-36(32-34-38)35-17-5-3-6-18-35;1-3-4-2;1-3-2/h3-34H,1-2H3;3-4H,1-2H3;3H2,1-2H3/b;4-3-;. The van der Waals surface area contributed by atoms with Crippen molar-refractivity contribution in [3.05, 3.63) is 217 Å². The van der Waals surface area contributed by atoms with Crippen molar-refractivity contribution in [1.29, 1.82) is 0 Å². The largest absolute Gasteiger partial charge is 0.277 e. The van der Waals surface area contributed by atoms with Crippen LogP contribution in [0, 0.1) is 0 Å². The zero-order chi connectivity index (χ0) is 46.1. The van der Waals surface area contributed by atoms with E-state index in [4.69, 9.17) is 15.0 Å². The molecule has 0 atom stereocenters. The highest BCUT2D eigenvalue weighted by Crippen LogP contribution is 2.54. The van der Waals surface area contributed by atoms with E-state index >= 15 is 0 Å². The van der Waals surface area contributed by atoms with Crippen LogP contribution >= 0.6 is 0 Å². The number of hydrogen-bond acceptors (Lipinski definition) is 3. The van der Waals surface area contributed by atoms with Gasteiger partial charge < -0.3 is 0 Å². The van der Waals surface area contributed by atoms with Crippen molar-refractivity contribution >= 4 is 43.4 Å². The molecule has 0 unspecified atom stereocenters. The van der Waals surface area contributed by atoms with Gasteiger partial charge in [0, 0.05) is 38.3 Å². The van der Waals surface area contributed by atoms with Crippen molar-refractivity contribution in [2.75, 3.05) is 0 Å². The summed E-state index contributed by atoms with van der Waals surface area (Å²) < 4.78 is 2.35. The van der Waals surface area contributed by atoms with Crippen LogP contribution in [0.2, 0.25) is 0 Å². The van der Waals surface area contributed by atoms with E-state index < -0.39 is 0 Å². The molecule has 0 amide bonds. The third-order valence-electron chi connectivity index (χ3n) is 13.0. The molecule has 0 aliphatic heterocycles. The van der Waals surface area contributed by atoms with E-state index in [0.717, 1.165) is 44.1 Å². The van der Waals surface area contributed by atoms with Crippen LogP contribution in [0.4, 0.5) is 0 Å². The molecular formula is C63H54N4. The van der Waals surface area contributed by atoms with Gasteiger partial charge in [-0.05, 0) is 69.0 Å². The molecule has 9 aromatic carbocycles. The van der Waals surface area contributed by atoms with Gasteiger partial charge in [-0.15, -0.1) is 0 Å². The summed E-state index contributed by atoms with van der Waals surface area (Å²) in [6.07, 6.45) is 5.25. The van der Waals surface area contributed by atoms with Crippen molar-refractivity contribution in [2.45, 2.75) is 53.4 Å². The summed E-state index contributed by atoms with van der Waals surface area (Å²) in [6.45, 7) is 13.0. The highest BCUT2D eigenvalue weighted by atomic mass is 15.2. The fourth-order valence-corrected chi connectivity index (χ4v) is 9.97. The second kappa shape index (κ2) is 18.1. The summed E-state index contributed by atoms with van der Waals surface area (Å²) >= 11 is 0. The van der Waals surface area contributed by atoms with Gasteiger partial charge in [0.25, 0.3) is 0 Å². The summed E-state index contributed by atoms with van der Waals surface area (Å²) in [5, 5.41) is 7.11. The number of hydrogen-bond donors (Lipinski definition) is 0. The summed E-state index contributed by atoms with van der Waals surface area (Å²) in [5.41, 5.74) is 13.7. The van der Waals surface area contributed by atoms with Crippen molar-refractivity contribution in [1.82, 2.24) is 19.5 Å². The second-order valence-corrected chi connectivity index (χ2v) is 17.7. The van der Waals surface area contributed by atoms with Crippen molar-refractivity contribution in [3.63, 3.8) is 0 Å². The van der Waals surface area contributed by atoms with Crippen molar-refractivity contribution in [3.8, 4) is 62.1 Å². The van der Waals surface area contributed by atoms with Crippen LogP contribution in [-0.2, 0) is 5.41 Å². The molecule has 4 nitrogen and oxygen atoms in total. The number of para-hydroxylation sites is 1. The summed E-state index contributed by atoms with van der Waals surface area (Å²) in [7, 11) is 0.